The van der Waals surface area contributed by atoms with E-state index in [1.165, 1.54) is 6.07 Å². The van der Waals surface area contributed by atoms with Crippen molar-refractivity contribution in [3.05, 3.63) is 40.5 Å². The minimum Gasteiger partial charge on any atom is -0.378 e. The van der Waals surface area contributed by atoms with Gasteiger partial charge in [0.2, 0.25) is 0 Å². The molecule has 126 valence electrons. The van der Waals surface area contributed by atoms with Gasteiger partial charge in [-0.15, -0.1) is 0 Å². The monoisotopic (exact) mass is 319 g/mol. The maximum Gasteiger partial charge on any atom is 0.293 e. The van der Waals surface area contributed by atoms with Gasteiger partial charge in [-0.2, -0.15) is 0 Å². The number of anilines is 1. The lowest BCUT2D eigenvalue weighted by Crippen LogP contribution is -2.44. The molecular formula is C17H25N3O3. The van der Waals surface area contributed by atoms with E-state index in [9.17, 15) is 10.1 Å². The molecule has 6 heteroatoms. The highest BCUT2D eigenvalue weighted by molar-refractivity contribution is 5.68. The summed E-state index contributed by atoms with van der Waals surface area (Å²) in [5.74, 6) is 6.23. The van der Waals surface area contributed by atoms with Crippen molar-refractivity contribution >= 4 is 17.5 Å². The molecule has 0 radical (unpaired) electrons. The van der Waals surface area contributed by atoms with Crippen LogP contribution in [0.1, 0.15) is 44.6 Å². The smallest absolute Gasteiger partial charge is 0.293 e. The third kappa shape index (κ3) is 4.30. The standard InChI is InChI=1S/C17H25N3O3/c1-3-11-23-15-8-6-14(7-9-15)19(18)17-12-13(4-2)5-10-16(17)20(21)22/h4-5,10,12,14-15H,2-3,6-9,11,18H2,1H3. The van der Waals surface area contributed by atoms with Crippen LogP contribution in [-0.2, 0) is 4.74 Å². The van der Waals surface area contributed by atoms with Crippen molar-refractivity contribution in [2.45, 2.75) is 51.2 Å². The Balaban J connectivity index is 2.10. The summed E-state index contributed by atoms with van der Waals surface area (Å²) in [6.45, 7) is 6.59. The van der Waals surface area contributed by atoms with E-state index in [1.807, 2.05) is 0 Å². The van der Waals surface area contributed by atoms with Gasteiger partial charge in [0, 0.05) is 18.7 Å². The highest BCUT2D eigenvalue weighted by Gasteiger charge is 2.28. The number of hydrazine groups is 1. The quantitative estimate of drug-likeness (QED) is 0.471. The molecule has 1 aliphatic carbocycles. The SMILES string of the molecule is C=Cc1ccc([N+](=O)[O-])c(N(N)C2CCC(OCCC)CC2)c1. The Bertz CT molecular complexity index is 554. The molecule has 1 fully saturated rings. The van der Waals surface area contributed by atoms with Crippen molar-refractivity contribution in [3.63, 3.8) is 0 Å². The predicted molar refractivity (Wildman–Crippen MR) is 92.1 cm³/mol. The zero-order valence-corrected chi connectivity index (χ0v) is 13.6. The second kappa shape index (κ2) is 8.08. The fourth-order valence-electron chi connectivity index (χ4n) is 3.00. The maximum absolute atomic E-state index is 11.3. The molecule has 0 saturated heterocycles. The molecule has 0 aliphatic heterocycles. The summed E-state index contributed by atoms with van der Waals surface area (Å²) >= 11 is 0. The number of hydrogen-bond acceptors (Lipinski definition) is 5. The minimum atomic E-state index is -0.391. The Labute approximate surface area is 137 Å². The van der Waals surface area contributed by atoms with Crippen LogP contribution in [0.2, 0.25) is 0 Å². The Morgan fingerprint density at radius 3 is 2.70 bits per heavy atom. The first-order valence-electron chi connectivity index (χ1n) is 8.13. The lowest BCUT2D eigenvalue weighted by Gasteiger charge is -2.35. The molecule has 6 nitrogen and oxygen atoms in total. The average molecular weight is 319 g/mol. The number of benzene rings is 1. The van der Waals surface area contributed by atoms with Crippen molar-refractivity contribution in [1.82, 2.24) is 0 Å². The van der Waals surface area contributed by atoms with Crippen LogP contribution < -0.4 is 10.9 Å². The van der Waals surface area contributed by atoms with Crippen LogP contribution in [0, 0.1) is 10.1 Å². The second-order valence-electron chi connectivity index (χ2n) is 5.92. The zero-order chi connectivity index (χ0) is 16.8. The van der Waals surface area contributed by atoms with E-state index in [1.54, 1.807) is 23.2 Å². The molecule has 1 aromatic rings. The van der Waals surface area contributed by atoms with E-state index < -0.39 is 4.92 Å². The van der Waals surface area contributed by atoms with Crippen LogP contribution in [0.25, 0.3) is 6.08 Å². The van der Waals surface area contributed by atoms with Crippen LogP contribution in [0.5, 0.6) is 0 Å². The van der Waals surface area contributed by atoms with Gasteiger partial charge in [-0.1, -0.05) is 19.6 Å². The van der Waals surface area contributed by atoms with Crippen molar-refractivity contribution in [2.75, 3.05) is 11.6 Å². The normalized spacial score (nSPS) is 21.0. The first-order chi connectivity index (χ1) is 11.1. The fraction of sp³-hybridized carbons (Fsp3) is 0.529. The molecule has 0 atom stereocenters. The molecule has 0 spiro atoms. The van der Waals surface area contributed by atoms with Crippen LogP contribution in [-0.4, -0.2) is 23.7 Å². The van der Waals surface area contributed by atoms with E-state index in [0.717, 1.165) is 44.3 Å². The van der Waals surface area contributed by atoms with Crippen LogP contribution in [0.4, 0.5) is 11.4 Å². The lowest BCUT2D eigenvalue weighted by molar-refractivity contribution is -0.384. The van der Waals surface area contributed by atoms with Gasteiger partial charge in [0.05, 0.1) is 11.0 Å². The van der Waals surface area contributed by atoms with Crippen molar-refractivity contribution in [3.8, 4) is 0 Å². The molecule has 2 N–H and O–H groups in total. The summed E-state index contributed by atoms with van der Waals surface area (Å²) < 4.78 is 5.78. The average Bonchev–Trinajstić information content (AvgIpc) is 2.59. The van der Waals surface area contributed by atoms with Gasteiger partial charge in [-0.3, -0.25) is 10.1 Å². The number of rotatable bonds is 7. The van der Waals surface area contributed by atoms with Crippen LogP contribution in [0.15, 0.2) is 24.8 Å². The third-order valence-corrected chi connectivity index (χ3v) is 4.30. The van der Waals surface area contributed by atoms with Crippen LogP contribution >= 0.6 is 0 Å². The fourth-order valence-corrected chi connectivity index (χ4v) is 3.00. The highest BCUT2D eigenvalue weighted by atomic mass is 16.6. The molecule has 0 unspecified atom stereocenters. The molecule has 0 aromatic heterocycles. The van der Waals surface area contributed by atoms with Crippen molar-refractivity contribution in [2.24, 2.45) is 5.84 Å². The first kappa shape index (κ1) is 17.4. The van der Waals surface area contributed by atoms with E-state index >= 15 is 0 Å². The number of hydrogen-bond donors (Lipinski definition) is 1. The summed E-state index contributed by atoms with van der Waals surface area (Å²) in [7, 11) is 0. The Kier molecular flexibility index (Phi) is 6.12. The number of ether oxygens (including phenoxy) is 1. The Hall–Kier alpha value is -1.92. The Morgan fingerprint density at radius 1 is 1.43 bits per heavy atom. The van der Waals surface area contributed by atoms with E-state index in [2.05, 4.69) is 13.5 Å². The molecule has 1 aromatic carbocycles. The zero-order valence-electron chi connectivity index (χ0n) is 13.6. The highest BCUT2D eigenvalue weighted by Crippen LogP contribution is 2.33. The van der Waals surface area contributed by atoms with Gasteiger partial charge in [0.25, 0.3) is 5.69 Å². The van der Waals surface area contributed by atoms with E-state index in [4.69, 9.17) is 10.6 Å². The summed E-state index contributed by atoms with van der Waals surface area (Å²) in [6.07, 6.45) is 6.59. The maximum atomic E-state index is 11.3. The Morgan fingerprint density at radius 2 is 2.13 bits per heavy atom. The molecule has 0 heterocycles. The molecular weight excluding hydrogens is 294 g/mol. The first-order valence-corrected chi connectivity index (χ1v) is 8.13. The number of nitrogens with two attached hydrogens (primary N) is 1. The number of nitro groups is 1. The molecule has 0 amide bonds. The summed E-state index contributed by atoms with van der Waals surface area (Å²) in [5, 5.41) is 12.8. The molecule has 0 bridgehead atoms. The largest absolute Gasteiger partial charge is 0.378 e. The van der Waals surface area contributed by atoms with E-state index in [-0.39, 0.29) is 17.8 Å². The van der Waals surface area contributed by atoms with Gasteiger partial charge in [0.1, 0.15) is 5.69 Å². The van der Waals surface area contributed by atoms with Gasteiger partial charge in [-0.25, -0.2) is 5.84 Å². The second-order valence-corrected chi connectivity index (χ2v) is 5.92. The summed E-state index contributed by atoms with van der Waals surface area (Å²) in [6, 6.07) is 4.99. The molecule has 2 rings (SSSR count). The summed E-state index contributed by atoms with van der Waals surface area (Å²) in [4.78, 5) is 10.9. The van der Waals surface area contributed by atoms with Gasteiger partial charge < -0.3 is 9.75 Å². The predicted octanol–water partition coefficient (Wildman–Crippen LogP) is 3.66. The molecule has 1 saturated carbocycles. The third-order valence-electron chi connectivity index (χ3n) is 4.30. The van der Waals surface area contributed by atoms with Gasteiger partial charge in [-0.05, 0) is 49.8 Å². The van der Waals surface area contributed by atoms with Crippen molar-refractivity contribution < 1.29 is 9.66 Å². The molecule has 23 heavy (non-hydrogen) atoms. The number of nitro benzene ring substituents is 1. The van der Waals surface area contributed by atoms with Gasteiger partial charge >= 0.3 is 0 Å². The van der Waals surface area contributed by atoms with Gasteiger partial charge in [0.15, 0.2) is 0 Å². The van der Waals surface area contributed by atoms with E-state index in [0.29, 0.717) is 5.69 Å². The molecule has 1 aliphatic rings. The van der Waals surface area contributed by atoms with Crippen molar-refractivity contribution in [1.29, 1.82) is 0 Å². The lowest BCUT2D eigenvalue weighted by atomic mass is 9.92. The minimum absolute atomic E-state index is 0.0301. The number of nitrogens with zero attached hydrogens (tertiary/aromatic N) is 2. The van der Waals surface area contributed by atoms with Crippen LogP contribution in [0.3, 0.4) is 0 Å². The topological polar surface area (TPSA) is 81.6 Å². The summed E-state index contributed by atoms with van der Waals surface area (Å²) in [5.41, 5.74) is 1.30.